The van der Waals surface area contributed by atoms with Crippen molar-refractivity contribution in [3.63, 3.8) is 0 Å². The molecule has 0 aromatic carbocycles. The van der Waals surface area contributed by atoms with Crippen molar-refractivity contribution in [2.24, 2.45) is 28.6 Å². The Kier molecular flexibility index (Phi) is 4.29. The molecule has 7 nitrogen and oxygen atoms in total. The van der Waals surface area contributed by atoms with Gasteiger partial charge in [-0.3, -0.25) is 14.0 Å². The van der Waals surface area contributed by atoms with Gasteiger partial charge >= 0.3 is 0 Å². The summed E-state index contributed by atoms with van der Waals surface area (Å²) >= 11 is 0. The summed E-state index contributed by atoms with van der Waals surface area (Å²) in [6.45, 7) is 4.01. The van der Waals surface area contributed by atoms with Crippen LogP contribution in [0.15, 0.2) is 24.4 Å². The molecule has 2 heterocycles. The molecule has 4 saturated carbocycles. The second-order valence-corrected chi connectivity index (χ2v) is 11.1. The zero-order valence-corrected chi connectivity index (χ0v) is 18.9. The molecule has 2 aromatic rings. The van der Waals surface area contributed by atoms with Crippen molar-refractivity contribution in [1.82, 2.24) is 14.3 Å². The summed E-state index contributed by atoms with van der Waals surface area (Å²) in [7, 11) is 0. The van der Waals surface area contributed by atoms with Gasteiger partial charge in [-0.25, -0.2) is 4.98 Å². The molecule has 4 aliphatic carbocycles. The average Bonchev–Trinajstić information content (AvgIpc) is 3.56. The van der Waals surface area contributed by atoms with Gasteiger partial charge in [0, 0.05) is 25.2 Å². The van der Waals surface area contributed by atoms with Crippen LogP contribution >= 0.6 is 0 Å². The second-order valence-electron chi connectivity index (χ2n) is 11.1. The van der Waals surface area contributed by atoms with Gasteiger partial charge in [-0.2, -0.15) is 0 Å². The highest BCUT2D eigenvalue weighted by atomic mass is 16.3. The zero-order valence-electron chi connectivity index (χ0n) is 18.9. The van der Waals surface area contributed by atoms with Crippen molar-refractivity contribution >= 4 is 23.3 Å². The number of hydrogen-bond acceptors (Lipinski definition) is 4. The lowest BCUT2D eigenvalue weighted by Crippen LogP contribution is -2.39. The fraction of sp³-hybridized carbons (Fsp3) is 0.640. The Hall–Kier alpha value is -2.41. The highest BCUT2D eigenvalue weighted by molar-refractivity contribution is 5.94. The molecule has 4 aliphatic rings. The number of imidazole rings is 1. The molecule has 4 fully saturated rings. The number of aromatic nitrogens is 2. The number of fused-ring (bicyclic) bond motifs is 3. The number of carbonyl (C=O) groups is 2. The van der Waals surface area contributed by atoms with Crippen LogP contribution in [0.25, 0.3) is 5.65 Å². The highest BCUT2D eigenvalue weighted by Crippen LogP contribution is 2.84. The van der Waals surface area contributed by atoms with E-state index in [1.807, 2.05) is 32.0 Å². The molecule has 2 aromatic heterocycles. The molecule has 0 aliphatic heterocycles. The third-order valence-electron chi connectivity index (χ3n) is 8.76. The maximum atomic E-state index is 13.1. The number of pyridine rings is 1. The molecule has 2 bridgehead atoms. The number of nitrogens with one attached hydrogen (secondary N) is 1. The standard InChI is InChI=1S/C25H32N4O3/c1-15(2)28(6-7-30)23(32)19-13-29-20(26-19)4-3-5-21(29)27-22(31)12-24-9-16-8-18(16)25(14-24)11-17(25)10-24/h3-5,13,15-18,30H,6-12,14H2,1-2H3,(H,27,31)/t16?,17?,18-,24?,25?/m0/s1. The molecule has 1 spiro atoms. The molecule has 32 heavy (non-hydrogen) atoms. The van der Waals surface area contributed by atoms with E-state index in [4.69, 9.17) is 0 Å². The van der Waals surface area contributed by atoms with Gasteiger partial charge in [0.15, 0.2) is 0 Å². The normalized spacial score (nSPS) is 33.7. The molecular weight excluding hydrogens is 404 g/mol. The SMILES string of the molecule is CC(C)N(CCO)C(=O)c1cn2c(NC(=O)CC34CC5C[C@@H]5C5(CC5C3)C4)cccc2n1. The van der Waals surface area contributed by atoms with E-state index in [0.29, 0.717) is 29.0 Å². The first-order chi connectivity index (χ1) is 15.3. The Morgan fingerprint density at radius 3 is 2.94 bits per heavy atom. The number of rotatable bonds is 7. The van der Waals surface area contributed by atoms with E-state index in [2.05, 4.69) is 10.3 Å². The first kappa shape index (κ1) is 20.2. The number of hydrogen-bond donors (Lipinski definition) is 2. The van der Waals surface area contributed by atoms with Crippen LogP contribution in [0.4, 0.5) is 5.82 Å². The maximum Gasteiger partial charge on any atom is 0.274 e. The molecule has 2 N–H and O–H groups in total. The van der Waals surface area contributed by atoms with Gasteiger partial charge in [0.2, 0.25) is 5.91 Å². The first-order valence-corrected chi connectivity index (χ1v) is 12.0. The van der Waals surface area contributed by atoms with Crippen LogP contribution in [0.3, 0.4) is 0 Å². The minimum Gasteiger partial charge on any atom is -0.395 e. The zero-order chi connectivity index (χ0) is 22.3. The number of carbonyl (C=O) groups excluding carboxylic acids is 2. The fourth-order valence-electron chi connectivity index (χ4n) is 7.46. The van der Waals surface area contributed by atoms with Gasteiger partial charge in [0.1, 0.15) is 17.2 Å². The van der Waals surface area contributed by atoms with Crippen molar-refractivity contribution in [1.29, 1.82) is 0 Å². The third-order valence-corrected chi connectivity index (χ3v) is 8.76. The highest BCUT2D eigenvalue weighted by Gasteiger charge is 2.76. The molecule has 0 saturated heterocycles. The summed E-state index contributed by atoms with van der Waals surface area (Å²) in [5.41, 5.74) is 1.75. The summed E-state index contributed by atoms with van der Waals surface area (Å²) in [6, 6.07) is 5.51. The van der Waals surface area contributed by atoms with Crippen molar-refractivity contribution in [3.8, 4) is 0 Å². The van der Waals surface area contributed by atoms with Gasteiger partial charge in [0.25, 0.3) is 5.91 Å². The van der Waals surface area contributed by atoms with Crippen molar-refractivity contribution in [2.45, 2.75) is 58.4 Å². The topological polar surface area (TPSA) is 86.9 Å². The number of aliphatic hydroxyl groups excluding tert-OH is 1. The summed E-state index contributed by atoms with van der Waals surface area (Å²) in [6.07, 6.45) is 8.81. The molecule has 4 unspecified atom stereocenters. The van der Waals surface area contributed by atoms with E-state index in [-0.39, 0.29) is 36.4 Å². The summed E-state index contributed by atoms with van der Waals surface area (Å²) in [5.74, 6) is 3.22. The van der Waals surface area contributed by atoms with Crippen molar-refractivity contribution in [3.05, 3.63) is 30.1 Å². The molecule has 6 rings (SSSR count). The Balaban J connectivity index is 1.20. The van der Waals surface area contributed by atoms with E-state index in [0.717, 1.165) is 17.8 Å². The van der Waals surface area contributed by atoms with E-state index in [9.17, 15) is 14.7 Å². The minimum atomic E-state index is -0.217. The lowest BCUT2D eigenvalue weighted by Gasteiger charge is -2.35. The van der Waals surface area contributed by atoms with Crippen LogP contribution < -0.4 is 5.32 Å². The Morgan fingerprint density at radius 1 is 1.31 bits per heavy atom. The largest absolute Gasteiger partial charge is 0.395 e. The summed E-state index contributed by atoms with van der Waals surface area (Å²) in [5, 5.41) is 12.4. The Labute approximate surface area is 188 Å². The molecule has 5 atom stereocenters. The number of aliphatic hydroxyl groups is 1. The van der Waals surface area contributed by atoms with Crippen LogP contribution in [-0.4, -0.2) is 50.4 Å². The number of anilines is 1. The van der Waals surface area contributed by atoms with Gasteiger partial charge < -0.3 is 15.3 Å². The third kappa shape index (κ3) is 3.00. The van der Waals surface area contributed by atoms with Crippen molar-refractivity contribution < 1.29 is 14.7 Å². The lowest BCUT2D eigenvalue weighted by atomic mass is 9.69. The van der Waals surface area contributed by atoms with Crippen molar-refractivity contribution in [2.75, 3.05) is 18.5 Å². The van der Waals surface area contributed by atoms with Crippen LogP contribution in [0, 0.1) is 28.6 Å². The average molecular weight is 437 g/mol. The van der Waals surface area contributed by atoms with Crippen LogP contribution in [0.1, 0.15) is 62.9 Å². The second kappa shape index (κ2) is 6.80. The number of nitrogens with zero attached hydrogens (tertiary/aromatic N) is 3. The van der Waals surface area contributed by atoms with Gasteiger partial charge in [-0.15, -0.1) is 0 Å². The predicted molar refractivity (Wildman–Crippen MR) is 120 cm³/mol. The van der Waals surface area contributed by atoms with E-state index in [1.54, 1.807) is 15.5 Å². The fourth-order valence-corrected chi connectivity index (χ4v) is 7.46. The van der Waals surface area contributed by atoms with Crippen LogP contribution in [0.5, 0.6) is 0 Å². The molecular formula is C25H32N4O3. The predicted octanol–water partition coefficient (Wildman–Crippen LogP) is 3.33. The molecule has 0 radical (unpaired) electrons. The maximum absolute atomic E-state index is 13.1. The monoisotopic (exact) mass is 436 g/mol. The van der Waals surface area contributed by atoms with Crippen LogP contribution in [-0.2, 0) is 4.79 Å². The van der Waals surface area contributed by atoms with Gasteiger partial charge in [-0.05, 0) is 86.7 Å². The smallest absolute Gasteiger partial charge is 0.274 e. The van der Waals surface area contributed by atoms with E-state index >= 15 is 0 Å². The lowest BCUT2D eigenvalue weighted by molar-refractivity contribution is -0.119. The van der Waals surface area contributed by atoms with Gasteiger partial charge in [-0.1, -0.05) is 6.07 Å². The summed E-state index contributed by atoms with van der Waals surface area (Å²) < 4.78 is 1.78. The van der Waals surface area contributed by atoms with E-state index in [1.165, 1.54) is 32.1 Å². The Bertz CT molecular complexity index is 1110. The van der Waals surface area contributed by atoms with Gasteiger partial charge in [0.05, 0.1) is 6.61 Å². The quantitative estimate of drug-likeness (QED) is 0.697. The molecule has 7 heteroatoms. The van der Waals surface area contributed by atoms with E-state index < -0.39 is 0 Å². The minimum absolute atomic E-state index is 0.0413. The molecule has 2 amide bonds. The number of amides is 2. The Morgan fingerprint density at radius 2 is 2.16 bits per heavy atom. The van der Waals surface area contributed by atoms with Crippen LogP contribution in [0.2, 0.25) is 0 Å². The summed E-state index contributed by atoms with van der Waals surface area (Å²) in [4.78, 5) is 32.2. The first-order valence-electron chi connectivity index (χ1n) is 12.0. The molecule has 170 valence electrons.